The molecule has 1 amide bonds. The van der Waals surface area contributed by atoms with Gasteiger partial charge < -0.3 is 19.5 Å². The molecule has 0 saturated carbocycles. The van der Waals surface area contributed by atoms with Gasteiger partial charge in [-0.3, -0.25) is 14.4 Å². The predicted octanol–water partition coefficient (Wildman–Crippen LogP) is -0.180. The van der Waals surface area contributed by atoms with Gasteiger partial charge in [0.15, 0.2) is 0 Å². The van der Waals surface area contributed by atoms with Crippen molar-refractivity contribution in [2.75, 3.05) is 13.1 Å². The van der Waals surface area contributed by atoms with Crippen LogP contribution < -0.4 is 0 Å². The maximum atomic E-state index is 11.6. The van der Waals surface area contributed by atoms with Gasteiger partial charge in [-0.1, -0.05) is 0 Å². The van der Waals surface area contributed by atoms with Gasteiger partial charge in [-0.25, -0.2) is 0 Å². The van der Waals surface area contributed by atoms with E-state index >= 15 is 0 Å². The SMILES string of the molecule is O=C(O)CN(CC(=O)O)C(=O)Cc1ccco1. The van der Waals surface area contributed by atoms with E-state index in [2.05, 4.69) is 0 Å². The van der Waals surface area contributed by atoms with Crippen molar-refractivity contribution in [2.45, 2.75) is 6.42 Å². The summed E-state index contributed by atoms with van der Waals surface area (Å²) in [6.45, 7) is -1.29. The average Bonchev–Trinajstić information content (AvgIpc) is 2.67. The topological polar surface area (TPSA) is 108 Å². The Hall–Kier alpha value is -2.31. The first-order chi connectivity index (χ1) is 7.99. The van der Waals surface area contributed by atoms with Crippen molar-refractivity contribution in [3.63, 3.8) is 0 Å². The normalized spacial score (nSPS) is 9.88. The molecule has 17 heavy (non-hydrogen) atoms. The Morgan fingerprint density at radius 2 is 1.76 bits per heavy atom. The summed E-state index contributed by atoms with van der Waals surface area (Å²) in [7, 11) is 0. The molecule has 0 bridgehead atoms. The lowest BCUT2D eigenvalue weighted by Crippen LogP contribution is -2.40. The highest BCUT2D eigenvalue weighted by Gasteiger charge is 2.20. The molecule has 2 N–H and O–H groups in total. The van der Waals surface area contributed by atoms with Crippen molar-refractivity contribution in [2.24, 2.45) is 0 Å². The van der Waals surface area contributed by atoms with Crippen molar-refractivity contribution in [1.82, 2.24) is 4.90 Å². The Labute approximate surface area is 96.2 Å². The van der Waals surface area contributed by atoms with Crippen LogP contribution in [0.15, 0.2) is 22.8 Å². The van der Waals surface area contributed by atoms with E-state index < -0.39 is 30.9 Å². The van der Waals surface area contributed by atoms with E-state index in [0.717, 1.165) is 4.90 Å². The zero-order valence-corrected chi connectivity index (χ0v) is 8.83. The number of furan rings is 1. The Balaban J connectivity index is 2.65. The summed E-state index contributed by atoms with van der Waals surface area (Å²) in [5, 5.41) is 17.1. The molecule has 1 aromatic rings. The zero-order valence-electron chi connectivity index (χ0n) is 8.83. The van der Waals surface area contributed by atoms with Crippen LogP contribution in [-0.4, -0.2) is 46.0 Å². The molecule has 1 aromatic heterocycles. The maximum Gasteiger partial charge on any atom is 0.323 e. The van der Waals surface area contributed by atoms with E-state index in [0.29, 0.717) is 5.76 Å². The highest BCUT2D eigenvalue weighted by molar-refractivity contribution is 5.86. The number of aliphatic carboxylic acids is 2. The Morgan fingerprint density at radius 1 is 1.18 bits per heavy atom. The van der Waals surface area contributed by atoms with Crippen LogP contribution in [0.4, 0.5) is 0 Å². The van der Waals surface area contributed by atoms with Crippen LogP contribution in [0.1, 0.15) is 5.76 Å². The standard InChI is InChI=1S/C10H11NO6/c12-8(4-7-2-1-3-17-7)11(5-9(13)14)6-10(15)16/h1-3H,4-6H2,(H,13,14)(H,15,16). The van der Waals surface area contributed by atoms with E-state index in [1.165, 1.54) is 6.26 Å². The summed E-state index contributed by atoms with van der Waals surface area (Å²) in [6, 6.07) is 3.14. The van der Waals surface area contributed by atoms with Crippen LogP contribution in [0, 0.1) is 0 Å². The molecule has 0 radical (unpaired) electrons. The molecule has 0 atom stereocenters. The molecule has 7 heteroatoms. The second-order valence-corrected chi connectivity index (χ2v) is 3.29. The molecule has 0 aromatic carbocycles. The van der Waals surface area contributed by atoms with Gasteiger partial charge in [0.05, 0.1) is 12.7 Å². The van der Waals surface area contributed by atoms with E-state index in [1.54, 1.807) is 12.1 Å². The molecular formula is C10H11NO6. The number of carbonyl (C=O) groups is 3. The first-order valence-electron chi connectivity index (χ1n) is 4.73. The monoisotopic (exact) mass is 241 g/mol. The largest absolute Gasteiger partial charge is 0.480 e. The number of rotatable bonds is 6. The molecule has 1 heterocycles. The number of carbonyl (C=O) groups excluding carboxylic acids is 1. The average molecular weight is 241 g/mol. The molecule has 0 fully saturated rings. The Kier molecular flexibility index (Phi) is 4.27. The van der Waals surface area contributed by atoms with Gasteiger partial charge in [0, 0.05) is 0 Å². The van der Waals surface area contributed by atoms with Crippen LogP contribution in [0.3, 0.4) is 0 Å². The van der Waals surface area contributed by atoms with Gasteiger partial charge in [0.1, 0.15) is 18.8 Å². The summed E-state index contributed by atoms with van der Waals surface area (Å²) in [5.41, 5.74) is 0. The summed E-state index contributed by atoms with van der Waals surface area (Å²) in [4.78, 5) is 33.3. The Morgan fingerprint density at radius 3 is 2.18 bits per heavy atom. The fraction of sp³-hybridized carbons (Fsp3) is 0.300. The van der Waals surface area contributed by atoms with E-state index in [-0.39, 0.29) is 6.42 Å². The van der Waals surface area contributed by atoms with Gasteiger partial charge in [-0.05, 0) is 12.1 Å². The van der Waals surface area contributed by atoms with Crippen LogP contribution in [0.25, 0.3) is 0 Å². The molecule has 0 saturated heterocycles. The number of carboxylic acids is 2. The van der Waals surface area contributed by atoms with E-state index in [1.807, 2.05) is 0 Å². The fourth-order valence-electron chi connectivity index (χ4n) is 1.23. The van der Waals surface area contributed by atoms with E-state index in [9.17, 15) is 14.4 Å². The van der Waals surface area contributed by atoms with Crippen molar-refractivity contribution in [3.05, 3.63) is 24.2 Å². The zero-order chi connectivity index (χ0) is 12.8. The minimum Gasteiger partial charge on any atom is -0.480 e. The van der Waals surface area contributed by atoms with Crippen LogP contribution in [0.5, 0.6) is 0 Å². The van der Waals surface area contributed by atoms with Gasteiger partial charge in [-0.2, -0.15) is 0 Å². The van der Waals surface area contributed by atoms with Crippen molar-refractivity contribution < 1.29 is 29.0 Å². The van der Waals surface area contributed by atoms with Crippen molar-refractivity contribution in [1.29, 1.82) is 0 Å². The highest BCUT2D eigenvalue weighted by Crippen LogP contribution is 2.04. The number of carboxylic acid groups (broad SMARTS) is 2. The molecule has 0 aliphatic heterocycles. The van der Waals surface area contributed by atoms with Gasteiger partial charge in [-0.15, -0.1) is 0 Å². The quantitative estimate of drug-likeness (QED) is 0.715. The lowest BCUT2D eigenvalue weighted by Gasteiger charge is -2.17. The minimum absolute atomic E-state index is 0.159. The van der Waals surface area contributed by atoms with E-state index in [4.69, 9.17) is 14.6 Å². The third-order valence-corrected chi connectivity index (χ3v) is 1.91. The molecular weight excluding hydrogens is 230 g/mol. The van der Waals surface area contributed by atoms with Crippen LogP contribution >= 0.6 is 0 Å². The molecule has 0 aliphatic carbocycles. The lowest BCUT2D eigenvalue weighted by molar-refractivity contribution is -0.149. The first kappa shape index (κ1) is 12.8. The van der Waals surface area contributed by atoms with Crippen LogP contribution in [0.2, 0.25) is 0 Å². The summed E-state index contributed by atoms with van der Waals surface area (Å²) >= 11 is 0. The minimum atomic E-state index is -1.26. The smallest absolute Gasteiger partial charge is 0.323 e. The number of hydrogen-bond acceptors (Lipinski definition) is 4. The lowest BCUT2D eigenvalue weighted by atomic mass is 10.3. The van der Waals surface area contributed by atoms with Gasteiger partial charge in [0.25, 0.3) is 0 Å². The molecule has 0 unspecified atom stereocenters. The number of amides is 1. The predicted molar refractivity (Wildman–Crippen MR) is 54.3 cm³/mol. The summed E-state index contributed by atoms with van der Waals surface area (Å²) in [6.07, 6.45) is 1.22. The third kappa shape index (κ3) is 4.37. The van der Waals surface area contributed by atoms with Gasteiger partial charge >= 0.3 is 11.9 Å². The summed E-state index contributed by atoms with van der Waals surface area (Å²) < 4.78 is 4.92. The van der Waals surface area contributed by atoms with Crippen molar-refractivity contribution in [3.8, 4) is 0 Å². The second-order valence-electron chi connectivity index (χ2n) is 3.29. The molecule has 0 aliphatic rings. The van der Waals surface area contributed by atoms with Gasteiger partial charge in [0.2, 0.25) is 5.91 Å². The number of hydrogen-bond donors (Lipinski definition) is 2. The molecule has 7 nitrogen and oxygen atoms in total. The first-order valence-corrected chi connectivity index (χ1v) is 4.73. The third-order valence-electron chi connectivity index (χ3n) is 1.91. The van der Waals surface area contributed by atoms with Crippen LogP contribution in [-0.2, 0) is 20.8 Å². The van der Waals surface area contributed by atoms with Crippen molar-refractivity contribution >= 4 is 17.8 Å². The summed E-state index contributed by atoms with van der Waals surface area (Å²) in [5.74, 6) is -2.78. The maximum absolute atomic E-state index is 11.6. The fourth-order valence-corrected chi connectivity index (χ4v) is 1.23. The Bertz CT molecular complexity index is 394. The highest BCUT2D eigenvalue weighted by atomic mass is 16.4. The molecule has 1 rings (SSSR count). The number of nitrogens with zero attached hydrogens (tertiary/aromatic N) is 1. The molecule has 92 valence electrons. The second kappa shape index (κ2) is 5.69. The molecule has 0 spiro atoms.